The van der Waals surface area contributed by atoms with Gasteiger partial charge in [0.1, 0.15) is 0 Å². The molecule has 0 bridgehead atoms. The predicted molar refractivity (Wildman–Crippen MR) is 114 cm³/mol. The van der Waals surface area contributed by atoms with Crippen molar-refractivity contribution >= 4 is 0 Å². The van der Waals surface area contributed by atoms with Crippen LogP contribution in [0.15, 0.2) is 54.6 Å². The van der Waals surface area contributed by atoms with Gasteiger partial charge >= 0.3 is 0 Å². The first-order valence-corrected chi connectivity index (χ1v) is 9.09. The van der Waals surface area contributed by atoms with Crippen molar-refractivity contribution in [3.05, 3.63) is 88.8 Å². The van der Waals surface area contributed by atoms with E-state index in [2.05, 4.69) is 19.9 Å². The van der Waals surface area contributed by atoms with Gasteiger partial charge in [-0.3, -0.25) is 19.9 Å². The average Bonchev–Trinajstić information content (AvgIpc) is 2.74. The van der Waals surface area contributed by atoms with Gasteiger partial charge in [-0.1, -0.05) is 18.2 Å². The monoisotopic (exact) mass is 629 g/mol. The Labute approximate surface area is 245 Å². The molecule has 0 aromatic carbocycles. The summed E-state index contributed by atoms with van der Waals surface area (Å²) in [5.74, 6) is 0. The zero-order valence-corrected chi connectivity index (χ0v) is 23.2. The van der Waals surface area contributed by atoms with E-state index < -0.39 is 0 Å². The summed E-state index contributed by atoms with van der Waals surface area (Å²) in [6, 6.07) is 16.7. The summed E-state index contributed by atoms with van der Waals surface area (Å²) in [7, 11) is 0. The molecular formula is C21H30Cl4MnN4O6-4. The van der Waals surface area contributed by atoms with Crippen molar-refractivity contribution in [2.45, 2.75) is 39.5 Å². The fraction of sp³-hybridized carbons (Fsp3) is 0.286. The number of hydrogen-bond acceptors (Lipinski definition) is 7. The molecule has 209 valence electrons. The molecule has 9 N–H and O–H groups in total. The number of hydrogen-bond donors (Lipinski definition) is 3. The van der Waals surface area contributed by atoms with Gasteiger partial charge < -0.3 is 81.4 Å². The zero-order valence-electron chi connectivity index (χ0n) is 19.0. The maximum Gasteiger partial charge on any atom is 0.0853 e. The third-order valence-corrected chi connectivity index (χ3v) is 4.24. The van der Waals surface area contributed by atoms with Gasteiger partial charge in [0, 0.05) is 36.7 Å². The minimum absolute atomic E-state index is 0. The molecule has 0 unspecified atom stereocenters. The standard InChI is InChI=1S/C21H24N4O3.4ClH.Mn.3H2O/c26-13-19-7-1-4-16(22-19)10-25(11-17-5-2-8-20(14-27)23-17)12-18-6-3-9-21(15-28)24-18;;;;;;;;/h1-9,26-28H,10-15H2;4*1H;;3*1H2/p-4. The predicted octanol–water partition coefficient (Wildman–Crippen LogP) is -12.9. The van der Waals surface area contributed by atoms with Gasteiger partial charge in [0.15, 0.2) is 0 Å². The normalized spacial score (nSPS) is 8.67. The van der Waals surface area contributed by atoms with Crippen LogP contribution in [0.25, 0.3) is 0 Å². The summed E-state index contributed by atoms with van der Waals surface area (Å²) in [5.41, 5.74) is 4.38. The van der Waals surface area contributed by atoms with E-state index in [0.717, 1.165) is 17.1 Å². The second-order valence-electron chi connectivity index (χ2n) is 6.48. The molecule has 0 aliphatic carbocycles. The Balaban J connectivity index is -0.000000281. The van der Waals surface area contributed by atoms with Crippen LogP contribution >= 0.6 is 0 Å². The molecule has 0 saturated carbocycles. The van der Waals surface area contributed by atoms with E-state index in [-0.39, 0.29) is 103 Å². The Kier molecular flexibility index (Phi) is 34.0. The summed E-state index contributed by atoms with van der Waals surface area (Å²) in [5, 5.41) is 28.0. The van der Waals surface area contributed by atoms with Crippen molar-refractivity contribution in [2.24, 2.45) is 0 Å². The van der Waals surface area contributed by atoms with E-state index in [1.807, 2.05) is 36.4 Å². The van der Waals surface area contributed by atoms with E-state index in [1.165, 1.54) is 0 Å². The fourth-order valence-corrected chi connectivity index (χ4v) is 2.97. The number of halogens is 4. The van der Waals surface area contributed by atoms with Gasteiger partial charge in [-0.2, -0.15) is 0 Å². The van der Waals surface area contributed by atoms with Gasteiger partial charge in [0.05, 0.1) is 54.0 Å². The summed E-state index contributed by atoms with van der Waals surface area (Å²) >= 11 is 0. The quantitative estimate of drug-likeness (QED) is 0.195. The second kappa shape index (κ2) is 25.5. The van der Waals surface area contributed by atoms with Crippen LogP contribution in [0, 0.1) is 0 Å². The largest absolute Gasteiger partial charge is 1.00 e. The number of aliphatic hydroxyl groups excluding tert-OH is 3. The summed E-state index contributed by atoms with van der Waals surface area (Å²) < 4.78 is 0. The maximum atomic E-state index is 9.34. The summed E-state index contributed by atoms with van der Waals surface area (Å²) in [6.45, 7) is 1.33. The van der Waals surface area contributed by atoms with E-state index in [0.29, 0.717) is 36.7 Å². The minimum Gasteiger partial charge on any atom is -1.00 e. The van der Waals surface area contributed by atoms with Crippen LogP contribution in [0.2, 0.25) is 0 Å². The molecular weight excluding hydrogens is 601 g/mol. The van der Waals surface area contributed by atoms with E-state index >= 15 is 0 Å². The number of nitrogens with zero attached hydrogens (tertiary/aromatic N) is 4. The molecule has 0 fully saturated rings. The molecule has 3 aromatic rings. The molecule has 3 rings (SSSR count). The van der Waals surface area contributed by atoms with Crippen molar-refractivity contribution in [1.29, 1.82) is 0 Å². The first-order valence-electron chi connectivity index (χ1n) is 9.09. The van der Waals surface area contributed by atoms with Gasteiger partial charge in [0.2, 0.25) is 0 Å². The fourth-order valence-electron chi connectivity index (χ4n) is 2.97. The zero-order chi connectivity index (χ0) is 19.8. The minimum atomic E-state index is -0.103. The number of pyridine rings is 3. The van der Waals surface area contributed by atoms with Crippen LogP contribution in [0.3, 0.4) is 0 Å². The molecule has 0 spiro atoms. The van der Waals surface area contributed by atoms with Crippen LogP contribution < -0.4 is 49.6 Å². The number of aromatic nitrogens is 3. The molecule has 1 radical (unpaired) electrons. The molecule has 3 aromatic heterocycles. The summed E-state index contributed by atoms with van der Waals surface area (Å²) in [4.78, 5) is 15.5. The van der Waals surface area contributed by atoms with Gasteiger partial charge in [-0.05, 0) is 36.4 Å². The number of aliphatic hydroxyl groups is 3. The summed E-state index contributed by atoms with van der Waals surface area (Å²) in [6.07, 6.45) is 0. The van der Waals surface area contributed by atoms with E-state index in [1.54, 1.807) is 18.2 Å². The second-order valence-corrected chi connectivity index (χ2v) is 6.48. The van der Waals surface area contributed by atoms with Gasteiger partial charge in [-0.25, -0.2) is 0 Å². The average molecular weight is 631 g/mol. The van der Waals surface area contributed by atoms with Crippen LogP contribution in [-0.2, 0) is 56.5 Å². The Hall–Kier alpha value is -1.15. The molecule has 0 aliphatic heterocycles. The van der Waals surface area contributed by atoms with Crippen molar-refractivity contribution < 1.29 is 98.4 Å². The third-order valence-electron chi connectivity index (χ3n) is 4.24. The molecule has 0 amide bonds. The smallest absolute Gasteiger partial charge is 0.0853 e. The SMILES string of the molecule is O.O.O.OCc1cccc(CN(Cc2cccc(CO)n2)Cc2cccc(CO)n2)n1.[Cl-].[Cl-].[Cl-].[Cl-].[Mn]. The van der Waals surface area contributed by atoms with Crippen LogP contribution in [0.1, 0.15) is 34.2 Å². The van der Waals surface area contributed by atoms with E-state index in [4.69, 9.17) is 0 Å². The Morgan fingerprint density at radius 2 is 0.694 bits per heavy atom. The van der Waals surface area contributed by atoms with Crippen molar-refractivity contribution in [3.8, 4) is 0 Å². The van der Waals surface area contributed by atoms with Crippen molar-refractivity contribution in [3.63, 3.8) is 0 Å². The Morgan fingerprint density at radius 1 is 0.472 bits per heavy atom. The molecule has 0 saturated heterocycles. The maximum absolute atomic E-state index is 9.34. The first-order chi connectivity index (χ1) is 13.7. The first kappa shape index (κ1) is 48.0. The van der Waals surface area contributed by atoms with Gasteiger partial charge in [-0.15, -0.1) is 0 Å². The molecule has 3 heterocycles. The Bertz CT molecular complexity index is 819. The molecule has 0 aliphatic rings. The molecule has 10 nitrogen and oxygen atoms in total. The Morgan fingerprint density at radius 3 is 0.917 bits per heavy atom. The molecule has 15 heteroatoms. The van der Waals surface area contributed by atoms with E-state index in [9.17, 15) is 15.3 Å². The van der Waals surface area contributed by atoms with Crippen LogP contribution in [0.4, 0.5) is 0 Å². The van der Waals surface area contributed by atoms with Crippen molar-refractivity contribution in [1.82, 2.24) is 19.9 Å². The van der Waals surface area contributed by atoms with Crippen molar-refractivity contribution in [2.75, 3.05) is 0 Å². The topological polar surface area (TPSA) is 197 Å². The third kappa shape index (κ3) is 15.2. The van der Waals surface area contributed by atoms with Gasteiger partial charge in [0.25, 0.3) is 0 Å². The molecule has 36 heavy (non-hydrogen) atoms. The molecule has 0 atom stereocenters. The van der Waals surface area contributed by atoms with Crippen LogP contribution in [-0.4, -0.2) is 51.6 Å². The number of rotatable bonds is 9. The van der Waals surface area contributed by atoms with Crippen LogP contribution in [0.5, 0.6) is 0 Å².